The zero-order chi connectivity index (χ0) is 12.6. The van der Waals surface area contributed by atoms with Gasteiger partial charge < -0.3 is 4.90 Å². The van der Waals surface area contributed by atoms with Crippen molar-refractivity contribution in [1.82, 2.24) is 9.97 Å². The normalized spacial score (nSPS) is 16.2. The van der Waals surface area contributed by atoms with Crippen LogP contribution in [-0.2, 0) is 6.18 Å². The first-order valence-electron chi connectivity index (χ1n) is 5.58. The Bertz CT molecular complexity index is 411. The number of hydrogen-bond donors (Lipinski definition) is 0. The lowest BCUT2D eigenvalue weighted by Crippen LogP contribution is -2.39. The van der Waals surface area contributed by atoms with E-state index in [0.717, 1.165) is 25.1 Å². The fourth-order valence-electron chi connectivity index (χ4n) is 1.71. The summed E-state index contributed by atoms with van der Waals surface area (Å²) < 4.78 is 37.6. The van der Waals surface area contributed by atoms with Crippen LogP contribution in [0, 0.1) is 0 Å². The second-order valence-electron chi connectivity index (χ2n) is 4.47. The van der Waals surface area contributed by atoms with Crippen LogP contribution in [0.3, 0.4) is 0 Å². The molecule has 0 saturated carbocycles. The molecule has 0 spiro atoms. The first kappa shape index (κ1) is 12.1. The minimum atomic E-state index is -4.48. The van der Waals surface area contributed by atoms with E-state index in [4.69, 9.17) is 0 Å². The van der Waals surface area contributed by atoms with Crippen molar-refractivity contribution in [2.45, 2.75) is 32.4 Å². The molecule has 3 nitrogen and oxygen atoms in total. The maximum atomic E-state index is 12.5. The van der Waals surface area contributed by atoms with Crippen LogP contribution < -0.4 is 4.90 Å². The maximum absolute atomic E-state index is 12.5. The molecule has 17 heavy (non-hydrogen) atoms. The first-order valence-corrected chi connectivity index (χ1v) is 5.58. The average molecular weight is 245 g/mol. The Morgan fingerprint density at radius 3 is 2.35 bits per heavy atom. The summed E-state index contributed by atoms with van der Waals surface area (Å²) in [6, 6.07) is 0. The van der Waals surface area contributed by atoms with Gasteiger partial charge in [0.15, 0.2) is 0 Å². The highest BCUT2D eigenvalue weighted by atomic mass is 19.4. The number of halogens is 3. The van der Waals surface area contributed by atoms with Gasteiger partial charge in [-0.05, 0) is 12.3 Å². The minimum Gasteiger partial charge on any atom is -0.356 e. The predicted molar refractivity (Wildman–Crippen MR) is 58.0 cm³/mol. The van der Waals surface area contributed by atoms with Gasteiger partial charge in [0.1, 0.15) is 5.82 Å². The summed E-state index contributed by atoms with van der Waals surface area (Å²) in [5.41, 5.74) is 0.776. The number of anilines is 1. The van der Waals surface area contributed by atoms with Gasteiger partial charge in [-0.2, -0.15) is 13.2 Å². The Balaban J connectivity index is 2.42. The smallest absolute Gasteiger partial charge is 0.356 e. The summed E-state index contributed by atoms with van der Waals surface area (Å²) in [5.74, 6) is -0.495. The summed E-state index contributed by atoms with van der Waals surface area (Å²) in [6.07, 6.45) is -2.17. The molecule has 0 N–H and O–H groups in total. The molecule has 0 aromatic carbocycles. The SMILES string of the molecule is CC(C)c1cnc(C(F)(F)F)nc1N1CCC1. The Morgan fingerprint density at radius 2 is 1.94 bits per heavy atom. The fourth-order valence-corrected chi connectivity index (χ4v) is 1.71. The summed E-state index contributed by atoms with van der Waals surface area (Å²) in [7, 11) is 0. The lowest BCUT2D eigenvalue weighted by molar-refractivity contribution is -0.144. The topological polar surface area (TPSA) is 29.0 Å². The molecule has 0 bridgehead atoms. The van der Waals surface area contributed by atoms with Crippen LogP contribution in [0.25, 0.3) is 0 Å². The molecule has 0 atom stereocenters. The number of aromatic nitrogens is 2. The minimum absolute atomic E-state index is 0.118. The van der Waals surface area contributed by atoms with Gasteiger partial charge in [-0.15, -0.1) is 0 Å². The number of nitrogens with zero attached hydrogens (tertiary/aromatic N) is 3. The number of alkyl halides is 3. The van der Waals surface area contributed by atoms with Gasteiger partial charge in [0.05, 0.1) is 0 Å². The van der Waals surface area contributed by atoms with Gasteiger partial charge in [0, 0.05) is 24.8 Å². The largest absolute Gasteiger partial charge is 0.451 e. The Hall–Kier alpha value is -1.33. The molecule has 1 saturated heterocycles. The molecule has 0 aliphatic carbocycles. The second kappa shape index (κ2) is 4.16. The van der Waals surface area contributed by atoms with Crippen molar-refractivity contribution >= 4 is 5.82 Å². The standard InChI is InChI=1S/C11H14F3N3/c1-7(2)8-6-15-10(11(12,13)14)16-9(8)17-4-3-5-17/h6-7H,3-5H2,1-2H3. The van der Waals surface area contributed by atoms with Crippen molar-refractivity contribution in [3.05, 3.63) is 17.6 Å². The first-order chi connectivity index (χ1) is 7.89. The second-order valence-corrected chi connectivity index (χ2v) is 4.47. The van der Waals surface area contributed by atoms with Crippen LogP contribution in [0.15, 0.2) is 6.20 Å². The molecule has 0 amide bonds. The summed E-state index contributed by atoms with van der Waals surface area (Å²) >= 11 is 0. The van der Waals surface area contributed by atoms with Gasteiger partial charge in [-0.25, -0.2) is 9.97 Å². The van der Waals surface area contributed by atoms with Crippen LogP contribution in [0.2, 0.25) is 0 Å². The fraction of sp³-hybridized carbons (Fsp3) is 0.636. The van der Waals surface area contributed by atoms with Crippen LogP contribution in [0.1, 0.15) is 37.6 Å². The van der Waals surface area contributed by atoms with E-state index < -0.39 is 12.0 Å². The van der Waals surface area contributed by atoms with Gasteiger partial charge in [-0.3, -0.25) is 0 Å². The van der Waals surface area contributed by atoms with Crippen LogP contribution in [0.5, 0.6) is 0 Å². The third-order valence-electron chi connectivity index (χ3n) is 2.83. The van der Waals surface area contributed by atoms with Crippen molar-refractivity contribution in [3.8, 4) is 0 Å². The summed E-state index contributed by atoms with van der Waals surface area (Å²) in [4.78, 5) is 8.95. The van der Waals surface area contributed by atoms with E-state index in [0.29, 0.717) is 5.82 Å². The lowest BCUT2D eigenvalue weighted by Gasteiger charge is -2.34. The van der Waals surface area contributed by atoms with E-state index in [2.05, 4.69) is 9.97 Å². The highest BCUT2D eigenvalue weighted by Gasteiger charge is 2.36. The molecule has 1 aromatic heterocycles. The molecule has 1 aliphatic heterocycles. The third kappa shape index (κ3) is 2.35. The van der Waals surface area contributed by atoms with Crippen LogP contribution in [0.4, 0.5) is 19.0 Å². The Kier molecular flexibility index (Phi) is 2.97. The number of hydrogen-bond acceptors (Lipinski definition) is 3. The van der Waals surface area contributed by atoms with Crippen molar-refractivity contribution in [3.63, 3.8) is 0 Å². The highest BCUT2D eigenvalue weighted by molar-refractivity contribution is 5.49. The molecule has 94 valence electrons. The molecule has 1 aliphatic rings. The highest BCUT2D eigenvalue weighted by Crippen LogP contribution is 2.32. The van der Waals surface area contributed by atoms with Crippen LogP contribution in [-0.4, -0.2) is 23.1 Å². The zero-order valence-electron chi connectivity index (χ0n) is 9.75. The molecule has 6 heteroatoms. The molecule has 2 rings (SSSR count). The van der Waals surface area contributed by atoms with Gasteiger partial charge in [-0.1, -0.05) is 13.8 Å². The lowest BCUT2D eigenvalue weighted by atomic mass is 10.0. The molecular formula is C11H14F3N3. The van der Waals surface area contributed by atoms with E-state index in [1.54, 1.807) is 0 Å². The van der Waals surface area contributed by atoms with E-state index in [9.17, 15) is 13.2 Å². The van der Waals surface area contributed by atoms with E-state index in [1.165, 1.54) is 6.20 Å². The van der Waals surface area contributed by atoms with Crippen molar-refractivity contribution in [1.29, 1.82) is 0 Å². The van der Waals surface area contributed by atoms with Crippen molar-refractivity contribution in [2.24, 2.45) is 0 Å². The quantitative estimate of drug-likeness (QED) is 0.802. The summed E-state index contributed by atoms with van der Waals surface area (Å²) in [5, 5.41) is 0. The molecule has 1 fully saturated rings. The Labute approximate surface area is 97.7 Å². The zero-order valence-corrected chi connectivity index (χ0v) is 9.75. The maximum Gasteiger partial charge on any atom is 0.451 e. The third-order valence-corrected chi connectivity index (χ3v) is 2.83. The van der Waals surface area contributed by atoms with Gasteiger partial charge >= 0.3 is 6.18 Å². The van der Waals surface area contributed by atoms with E-state index in [1.807, 2.05) is 18.7 Å². The predicted octanol–water partition coefficient (Wildman–Crippen LogP) is 2.83. The van der Waals surface area contributed by atoms with Gasteiger partial charge in [0.25, 0.3) is 0 Å². The molecular weight excluding hydrogens is 231 g/mol. The Morgan fingerprint density at radius 1 is 1.29 bits per heavy atom. The summed E-state index contributed by atoms with van der Waals surface area (Å²) in [6.45, 7) is 5.40. The monoisotopic (exact) mass is 245 g/mol. The van der Waals surface area contributed by atoms with Gasteiger partial charge in [0.2, 0.25) is 5.82 Å². The van der Waals surface area contributed by atoms with E-state index >= 15 is 0 Å². The molecule has 1 aromatic rings. The number of rotatable bonds is 2. The molecule has 0 radical (unpaired) electrons. The van der Waals surface area contributed by atoms with Crippen molar-refractivity contribution < 1.29 is 13.2 Å². The van der Waals surface area contributed by atoms with Crippen LogP contribution >= 0.6 is 0 Å². The van der Waals surface area contributed by atoms with E-state index in [-0.39, 0.29) is 5.92 Å². The average Bonchev–Trinajstić information content (AvgIpc) is 2.13. The van der Waals surface area contributed by atoms with Crippen molar-refractivity contribution in [2.75, 3.05) is 18.0 Å². The molecule has 2 heterocycles. The molecule has 0 unspecified atom stereocenters.